The number of hydrogen-bond donors (Lipinski definition) is 2. The van der Waals surface area contributed by atoms with Crippen LogP contribution in [0.1, 0.15) is 57.3 Å². The zero-order valence-electron chi connectivity index (χ0n) is 19.9. The van der Waals surface area contributed by atoms with E-state index in [0.717, 1.165) is 37.4 Å². The maximum absolute atomic E-state index is 12.5. The lowest BCUT2D eigenvalue weighted by molar-refractivity contribution is 0.0509. The lowest BCUT2D eigenvalue weighted by Crippen LogP contribution is -2.40. The van der Waals surface area contributed by atoms with Gasteiger partial charge in [-0.3, -0.25) is 4.79 Å². The lowest BCUT2D eigenvalue weighted by atomic mass is 10.2. The van der Waals surface area contributed by atoms with Gasteiger partial charge in [0.05, 0.1) is 24.5 Å². The Kier molecular flexibility index (Phi) is 8.14. The van der Waals surface area contributed by atoms with Crippen LogP contribution in [0.5, 0.6) is 5.75 Å². The van der Waals surface area contributed by atoms with Crippen LogP contribution in [0.15, 0.2) is 42.6 Å². The van der Waals surface area contributed by atoms with Crippen molar-refractivity contribution in [3.05, 3.63) is 48.2 Å². The Labute approximate surface area is 195 Å². The minimum Gasteiger partial charge on any atom is -0.494 e. The summed E-state index contributed by atoms with van der Waals surface area (Å²) in [5.74, 6) is 1.36. The van der Waals surface area contributed by atoms with Gasteiger partial charge in [0.15, 0.2) is 0 Å². The molecule has 1 aromatic carbocycles. The third kappa shape index (κ3) is 7.66. The molecule has 33 heavy (non-hydrogen) atoms. The molecule has 2 heterocycles. The molecule has 1 saturated heterocycles. The van der Waals surface area contributed by atoms with E-state index in [0.29, 0.717) is 24.4 Å². The first-order valence-electron chi connectivity index (χ1n) is 11.5. The Balaban J connectivity index is 1.49. The van der Waals surface area contributed by atoms with Gasteiger partial charge in [-0.05, 0) is 70.0 Å². The zero-order chi connectivity index (χ0) is 23.8. The van der Waals surface area contributed by atoms with Crippen molar-refractivity contribution in [2.24, 2.45) is 0 Å². The van der Waals surface area contributed by atoms with Crippen molar-refractivity contribution in [1.82, 2.24) is 10.3 Å². The Bertz CT molecular complexity index is 923. The van der Waals surface area contributed by atoms with Crippen molar-refractivity contribution in [3.63, 3.8) is 0 Å². The normalized spacial score (nSPS) is 15.8. The van der Waals surface area contributed by atoms with E-state index in [1.165, 1.54) is 0 Å². The molecular formula is C25H34N4O4. The number of pyridine rings is 1. The van der Waals surface area contributed by atoms with Crippen LogP contribution >= 0.6 is 0 Å². The molecular weight excluding hydrogens is 420 g/mol. The largest absolute Gasteiger partial charge is 0.494 e. The maximum atomic E-state index is 12.5. The van der Waals surface area contributed by atoms with E-state index in [-0.39, 0.29) is 11.9 Å². The van der Waals surface area contributed by atoms with Gasteiger partial charge in [-0.1, -0.05) is 13.3 Å². The minimum absolute atomic E-state index is 0.00922. The predicted molar refractivity (Wildman–Crippen MR) is 129 cm³/mol. The van der Waals surface area contributed by atoms with Gasteiger partial charge in [0.25, 0.3) is 5.91 Å². The summed E-state index contributed by atoms with van der Waals surface area (Å²) in [6.07, 6.45) is 4.14. The average molecular weight is 455 g/mol. The summed E-state index contributed by atoms with van der Waals surface area (Å²) in [5, 5.41) is 5.78. The number of carbonyl (C=O) groups excluding carboxylic acids is 2. The number of anilines is 2. The second-order valence-electron chi connectivity index (χ2n) is 9.16. The van der Waals surface area contributed by atoms with Crippen LogP contribution in [0.4, 0.5) is 16.3 Å². The van der Waals surface area contributed by atoms with Crippen LogP contribution in [0.25, 0.3) is 0 Å². The number of rotatable bonds is 8. The molecule has 2 amide bonds. The smallest absolute Gasteiger partial charge is 0.407 e. The fourth-order valence-electron chi connectivity index (χ4n) is 3.45. The molecule has 1 fully saturated rings. The van der Waals surface area contributed by atoms with E-state index in [1.54, 1.807) is 30.5 Å². The molecule has 8 nitrogen and oxygen atoms in total. The van der Waals surface area contributed by atoms with Crippen LogP contribution in [0.3, 0.4) is 0 Å². The predicted octanol–water partition coefficient (Wildman–Crippen LogP) is 4.62. The summed E-state index contributed by atoms with van der Waals surface area (Å²) in [6.45, 7) is 9.76. The van der Waals surface area contributed by atoms with Gasteiger partial charge >= 0.3 is 6.09 Å². The Morgan fingerprint density at radius 2 is 1.91 bits per heavy atom. The van der Waals surface area contributed by atoms with E-state index in [4.69, 9.17) is 9.47 Å². The van der Waals surface area contributed by atoms with Crippen LogP contribution in [-0.2, 0) is 4.74 Å². The Morgan fingerprint density at radius 1 is 1.15 bits per heavy atom. The van der Waals surface area contributed by atoms with Crippen molar-refractivity contribution in [1.29, 1.82) is 0 Å². The number of benzene rings is 1. The van der Waals surface area contributed by atoms with E-state index in [2.05, 4.69) is 27.4 Å². The number of aromatic nitrogens is 1. The van der Waals surface area contributed by atoms with E-state index < -0.39 is 11.7 Å². The molecule has 0 bridgehead atoms. The quantitative estimate of drug-likeness (QED) is 0.566. The lowest BCUT2D eigenvalue weighted by Gasteiger charge is -2.22. The van der Waals surface area contributed by atoms with Gasteiger partial charge in [0, 0.05) is 18.7 Å². The fourth-order valence-corrected chi connectivity index (χ4v) is 3.45. The average Bonchev–Trinajstić information content (AvgIpc) is 3.22. The van der Waals surface area contributed by atoms with Gasteiger partial charge in [0.1, 0.15) is 17.2 Å². The summed E-state index contributed by atoms with van der Waals surface area (Å²) in [7, 11) is 0. The highest BCUT2D eigenvalue weighted by Crippen LogP contribution is 2.21. The van der Waals surface area contributed by atoms with Crippen molar-refractivity contribution in [2.75, 3.05) is 29.9 Å². The number of ether oxygens (including phenoxy) is 2. The van der Waals surface area contributed by atoms with Gasteiger partial charge in [-0.25, -0.2) is 9.78 Å². The molecule has 3 rings (SSSR count). The molecule has 8 heteroatoms. The molecule has 0 radical (unpaired) electrons. The fraction of sp³-hybridized carbons (Fsp3) is 0.480. The summed E-state index contributed by atoms with van der Waals surface area (Å²) in [6, 6.07) is 10.8. The number of amides is 2. The van der Waals surface area contributed by atoms with Gasteiger partial charge in [-0.2, -0.15) is 0 Å². The Morgan fingerprint density at radius 3 is 2.55 bits per heavy atom. The van der Waals surface area contributed by atoms with E-state index >= 15 is 0 Å². The SMILES string of the molecule is CCCCOc1ccc(C(=O)Nc2ccc(N3CCC(NC(=O)OC(C)(C)C)C3)nc2)cc1. The first kappa shape index (κ1) is 24.4. The highest BCUT2D eigenvalue weighted by molar-refractivity contribution is 6.04. The molecule has 1 unspecified atom stereocenters. The van der Waals surface area contributed by atoms with Crippen molar-refractivity contribution >= 4 is 23.5 Å². The van der Waals surface area contributed by atoms with E-state index in [9.17, 15) is 9.59 Å². The molecule has 0 aliphatic carbocycles. The molecule has 1 aliphatic heterocycles. The van der Waals surface area contributed by atoms with Crippen LogP contribution in [0.2, 0.25) is 0 Å². The first-order valence-corrected chi connectivity index (χ1v) is 11.5. The standard InChI is InChI=1S/C25H34N4O4/c1-5-6-15-32-21-10-7-18(8-11-21)23(30)27-19-9-12-22(26-16-19)29-14-13-20(17-29)28-24(31)33-25(2,3)4/h7-12,16,20H,5-6,13-15,17H2,1-4H3,(H,27,30)(H,28,31). The zero-order valence-corrected chi connectivity index (χ0v) is 19.9. The van der Waals surface area contributed by atoms with Crippen molar-refractivity contribution < 1.29 is 19.1 Å². The highest BCUT2D eigenvalue weighted by atomic mass is 16.6. The molecule has 178 valence electrons. The topological polar surface area (TPSA) is 92.8 Å². The molecule has 1 aliphatic rings. The van der Waals surface area contributed by atoms with Crippen LogP contribution < -0.4 is 20.3 Å². The Hall–Kier alpha value is -3.29. The summed E-state index contributed by atoms with van der Waals surface area (Å²) in [5.41, 5.74) is 0.654. The monoisotopic (exact) mass is 454 g/mol. The number of alkyl carbamates (subject to hydrolysis) is 1. The van der Waals surface area contributed by atoms with Crippen molar-refractivity contribution in [2.45, 2.75) is 58.6 Å². The first-order chi connectivity index (χ1) is 15.7. The summed E-state index contributed by atoms with van der Waals surface area (Å²) in [4.78, 5) is 31.1. The third-order valence-corrected chi connectivity index (χ3v) is 5.12. The molecule has 0 spiro atoms. The molecule has 0 saturated carbocycles. The highest BCUT2D eigenvalue weighted by Gasteiger charge is 2.26. The number of nitrogens with one attached hydrogen (secondary N) is 2. The molecule has 1 aromatic heterocycles. The van der Waals surface area contributed by atoms with Crippen LogP contribution in [-0.4, -0.2) is 48.3 Å². The number of hydrogen-bond acceptors (Lipinski definition) is 6. The number of carbonyl (C=O) groups is 2. The van der Waals surface area contributed by atoms with Crippen LogP contribution in [0, 0.1) is 0 Å². The summed E-state index contributed by atoms with van der Waals surface area (Å²) >= 11 is 0. The second-order valence-corrected chi connectivity index (χ2v) is 9.16. The maximum Gasteiger partial charge on any atom is 0.407 e. The van der Waals surface area contributed by atoms with Gasteiger partial charge in [0.2, 0.25) is 0 Å². The second kappa shape index (κ2) is 11.0. The third-order valence-electron chi connectivity index (χ3n) is 5.12. The van der Waals surface area contributed by atoms with Gasteiger partial charge in [-0.15, -0.1) is 0 Å². The van der Waals surface area contributed by atoms with Gasteiger partial charge < -0.3 is 25.0 Å². The minimum atomic E-state index is -0.519. The summed E-state index contributed by atoms with van der Waals surface area (Å²) < 4.78 is 11.0. The molecule has 2 N–H and O–H groups in total. The van der Waals surface area contributed by atoms with E-state index in [1.807, 2.05) is 32.9 Å². The van der Waals surface area contributed by atoms with Crippen molar-refractivity contribution in [3.8, 4) is 5.75 Å². The number of nitrogens with zero attached hydrogens (tertiary/aromatic N) is 2. The molecule has 1 atom stereocenters. The molecule has 2 aromatic rings. The number of unbranched alkanes of at least 4 members (excludes halogenated alkanes) is 1.